The average molecular weight is 317 g/mol. The van der Waals surface area contributed by atoms with E-state index in [0.29, 0.717) is 12.2 Å². The second-order valence-corrected chi connectivity index (χ2v) is 6.34. The summed E-state index contributed by atoms with van der Waals surface area (Å²) in [5.41, 5.74) is 0.501. The SMILES string of the molecule is CC(C)CN1C(=O)SC(Nc2ccc(F)c(Cl)c2)C1=O. The first-order valence-electron chi connectivity index (χ1n) is 6.12. The van der Waals surface area contributed by atoms with Gasteiger partial charge < -0.3 is 5.32 Å². The average Bonchev–Trinajstić information content (AvgIpc) is 2.61. The second kappa shape index (κ2) is 6.01. The normalized spacial score (nSPS) is 19.1. The predicted octanol–water partition coefficient (Wildman–Crippen LogP) is 3.57. The zero-order chi connectivity index (χ0) is 14.9. The lowest BCUT2D eigenvalue weighted by Gasteiger charge is -2.16. The zero-order valence-corrected chi connectivity index (χ0v) is 12.6. The molecule has 1 N–H and O–H groups in total. The number of rotatable bonds is 4. The minimum absolute atomic E-state index is 0.0317. The summed E-state index contributed by atoms with van der Waals surface area (Å²) >= 11 is 6.60. The summed E-state index contributed by atoms with van der Waals surface area (Å²) < 4.78 is 13.1. The molecule has 2 rings (SSSR count). The molecule has 0 aromatic heterocycles. The van der Waals surface area contributed by atoms with Gasteiger partial charge in [0.2, 0.25) is 0 Å². The Kier molecular flexibility index (Phi) is 4.55. The first-order valence-corrected chi connectivity index (χ1v) is 7.38. The highest BCUT2D eigenvalue weighted by atomic mass is 35.5. The third-order valence-corrected chi connectivity index (χ3v) is 3.96. The molecule has 0 spiro atoms. The van der Waals surface area contributed by atoms with Gasteiger partial charge in [-0.3, -0.25) is 14.5 Å². The van der Waals surface area contributed by atoms with Crippen LogP contribution >= 0.6 is 23.4 Å². The molecule has 0 radical (unpaired) electrons. The Balaban J connectivity index is 2.09. The van der Waals surface area contributed by atoms with E-state index in [4.69, 9.17) is 11.6 Å². The number of carbonyl (C=O) groups is 2. The van der Waals surface area contributed by atoms with Crippen LogP contribution in [-0.4, -0.2) is 28.0 Å². The van der Waals surface area contributed by atoms with Crippen LogP contribution in [0.1, 0.15) is 13.8 Å². The summed E-state index contributed by atoms with van der Waals surface area (Å²) in [5.74, 6) is -0.600. The van der Waals surface area contributed by atoms with E-state index in [1.165, 1.54) is 23.1 Å². The van der Waals surface area contributed by atoms with E-state index in [1.54, 1.807) is 0 Å². The Morgan fingerprint density at radius 1 is 1.45 bits per heavy atom. The van der Waals surface area contributed by atoms with Gasteiger partial charge in [0.1, 0.15) is 5.82 Å². The van der Waals surface area contributed by atoms with Gasteiger partial charge >= 0.3 is 0 Å². The number of amides is 2. The minimum Gasteiger partial charge on any atom is -0.365 e. The number of imide groups is 1. The molecule has 1 atom stereocenters. The molecule has 1 aliphatic rings. The molecule has 1 aromatic carbocycles. The predicted molar refractivity (Wildman–Crippen MR) is 78.4 cm³/mol. The first kappa shape index (κ1) is 15.1. The minimum atomic E-state index is -0.692. The number of thioether (sulfide) groups is 1. The molecule has 1 heterocycles. The van der Waals surface area contributed by atoms with E-state index in [-0.39, 0.29) is 22.1 Å². The maximum atomic E-state index is 13.1. The number of anilines is 1. The lowest BCUT2D eigenvalue weighted by Crippen LogP contribution is -2.36. The molecule has 1 aliphatic heterocycles. The number of halogens is 2. The molecule has 20 heavy (non-hydrogen) atoms. The van der Waals surface area contributed by atoms with E-state index < -0.39 is 11.2 Å². The highest BCUT2D eigenvalue weighted by Crippen LogP contribution is 2.29. The Hall–Kier alpha value is -1.27. The molecular formula is C13H14ClFN2O2S. The van der Waals surface area contributed by atoms with Gasteiger partial charge in [0.05, 0.1) is 5.02 Å². The van der Waals surface area contributed by atoms with Crippen molar-refractivity contribution < 1.29 is 14.0 Å². The van der Waals surface area contributed by atoms with Gasteiger partial charge in [-0.25, -0.2) is 4.39 Å². The summed E-state index contributed by atoms with van der Waals surface area (Å²) in [5, 5.41) is 1.90. The quantitative estimate of drug-likeness (QED) is 0.922. The van der Waals surface area contributed by atoms with Crippen molar-refractivity contribution in [2.24, 2.45) is 5.92 Å². The standard InChI is InChI=1S/C13H14ClFN2O2S/c1-7(2)6-17-12(18)11(20-13(17)19)16-8-3-4-10(15)9(14)5-8/h3-5,7,11,16H,6H2,1-2H3. The number of nitrogens with zero attached hydrogens (tertiary/aromatic N) is 1. The summed E-state index contributed by atoms with van der Waals surface area (Å²) in [6.45, 7) is 4.27. The van der Waals surface area contributed by atoms with Gasteiger partial charge in [-0.2, -0.15) is 0 Å². The number of carbonyl (C=O) groups excluding carboxylic acids is 2. The van der Waals surface area contributed by atoms with E-state index in [1.807, 2.05) is 13.8 Å². The molecule has 0 saturated carbocycles. The van der Waals surface area contributed by atoms with Crippen LogP contribution < -0.4 is 5.32 Å². The van der Waals surface area contributed by atoms with Gasteiger partial charge in [0.25, 0.3) is 11.1 Å². The summed E-state index contributed by atoms with van der Waals surface area (Å²) in [4.78, 5) is 25.1. The molecule has 4 nitrogen and oxygen atoms in total. The number of hydrogen-bond acceptors (Lipinski definition) is 4. The Morgan fingerprint density at radius 3 is 2.75 bits per heavy atom. The number of benzene rings is 1. The van der Waals surface area contributed by atoms with Crippen LogP contribution in [0.25, 0.3) is 0 Å². The van der Waals surface area contributed by atoms with Crippen molar-refractivity contribution in [3.05, 3.63) is 29.0 Å². The molecule has 0 aliphatic carbocycles. The molecule has 2 amide bonds. The topological polar surface area (TPSA) is 49.4 Å². The van der Waals surface area contributed by atoms with Gasteiger partial charge in [-0.05, 0) is 35.9 Å². The van der Waals surface area contributed by atoms with E-state index >= 15 is 0 Å². The molecular weight excluding hydrogens is 303 g/mol. The summed E-state index contributed by atoms with van der Waals surface area (Å²) in [7, 11) is 0. The molecule has 7 heteroatoms. The van der Waals surface area contributed by atoms with Crippen LogP contribution in [0.3, 0.4) is 0 Å². The Bertz CT molecular complexity index is 553. The number of nitrogens with one attached hydrogen (secondary N) is 1. The lowest BCUT2D eigenvalue weighted by molar-refractivity contribution is -0.126. The fraction of sp³-hybridized carbons (Fsp3) is 0.385. The molecule has 1 unspecified atom stereocenters. The Morgan fingerprint density at radius 2 is 2.15 bits per heavy atom. The third-order valence-electron chi connectivity index (χ3n) is 2.69. The van der Waals surface area contributed by atoms with E-state index in [0.717, 1.165) is 11.8 Å². The Labute approximate surface area is 125 Å². The van der Waals surface area contributed by atoms with Crippen LogP contribution in [0.5, 0.6) is 0 Å². The van der Waals surface area contributed by atoms with Crippen LogP contribution in [-0.2, 0) is 4.79 Å². The van der Waals surface area contributed by atoms with E-state index in [2.05, 4.69) is 5.32 Å². The van der Waals surface area contributed by atoms with Crippen molar-refractivity contribution in [1.82, 2.24) is 4.90 Å². The van der Waals surface area contributed by atoms with Gasteiger partial charge in [-0.1, -0.05) is 25.4 Å². The lowest BCUT2D eigenvalue weighted by atomic mass is 10.2. The largest absolute Gasteiger partial charge is 0.365 e. The fourth-order valence-corrected chi connectivity index (χ4v) is 2.90. The van der Waals surface area contributed by atoms with Crippen molar-refractivity contribution in [2.45, 2.75) is 19.2 Å². The highest BCUT2D eigenvalue weighted by Gasteiger charge is 2.39. The smallest absolute Gasteiger partial charge is 0.290 e. The summed E-state index contributed by atoms with van der Waals surface area (Å²) in [6.07, 6.45) is 0. The van der Waals surface area contributed by atoms with Crippen LogP contribution in [0.15, 0.2) is 18.2 Å². The van der Waals surface area contributed by atoms with Crippen LogP contribution in [0.2, 0.25) is 5.02 Å². The van der Waals surface area contributed by atoms with Crippen molar-refractivity contribution in [3.8, 4) is 0 Å². The van der Waals surface area contributed by atoms with Crippen LogP contribution in [0, 0.1) is 11.7 Å². The summed E-state index contributed by atoms with van der Waals surface area (Å²) in [6, 6.07) is 4.08. The molecule has 1 aromatic rings. The van der Waals surface area contributed by atoms with Crippen LogP contribution in [0.4, 0.5) is 14.9 Å². The van der Waals surface area contributed by atoms with Gasteiger partial charge in [-0.15, -0.1) is 0 Å². The first-order chi connectivity index (χ1) is 9.38. The highest BCUT2D eigenvalue weighted by molar-refractivity contribution is 8.15. The third kappa shape index (κ3) is 3.24. The van der Waals surface area contributed by atoms with Gasteiger partial charge in [0, 0.05) is 12.2 Å². The van der Waals surface area contributed by atoms with E-state index in [9.17, 15) is 14.0 Å². The maximum Gasteiger partial charge on any atom is 0.290 e. The monoisotopic (exact) mass is 316 g/mol. The van der Waals surface area contributed by atoms with Crippen molar-refractivity contribution in [3.63, 3.8) is 0 Å². The molecule has 1 saturated heterocycles. The van der Waals surface area contributed by atoms with Crippen molar-refractivity contribution in [1.29, 1.82) is 0 Å². The maximum absolute atomic E-state index is 13.1. The molecule has 108 valence electrons. The zero-order valence-electron chi connectivity index (χ0n) is 11.0. The van der Waals surface area contributed by atoms with Crippen molar-refractivity contribution in [2.75, 3.05) is 11.9 Å². The fourth-order valence-electron chi connectivity index (χ4n) is 1.80. The second-order valence-electron chi connectivity index (χ2n) is 4.88. The number of hydrogen-bond donors (Lipinski definition) is 1. The van der Waals surface area contributed by atoms with Gasteiger partial charge in [0.15, 0.2) is 5.37 Å². The molecule has 0 bridgehead atoms. The van der Waals surface area contributed by atoms with Crippen molar-refractivity contribution >= 4 is 40.2 Å². The molecule has 1 fully saturated rings.